The Kier molecular flexibility index (Phi) is 0.898. The Bertz CT molecular complexity index is 140. The van der Waals surface area contributed by atoms with Gasteiger partial charge in [0.1, 0.15) is 5.75 Å². The summed E-state index contributed by atoms with van der Waals surface area (Å²) in [6, 6.07) is 1.47. The Morgan fingerprint density at radius 2 is 2.29 bits per heavy atom. The molecule has 0 spiro atoms. The Balaban J connectivity index is 3.02. The third-order valence-electron chi connectivity index (χ3n) is 0.569. The normalized spacial score (nSPS) is 8.57. The lowest BCUT2D eigenvalue weighted by molar-refractivity contribution is 0.470. The lowest BCUT2D eigenvalue weighted by Gasteiger charge is -1.80. The van der Waals surface area contributed by atoms with E-state index in [-0.39, 0.29) is 5.75 Å². The first kappa shape index (κ1) is 4.05. The van der Waals surface area contributed by atoms with Gasteiger partial charge in [0.05, 0.1) is 12.4 Å². The second-order valence-electron chi connectivity index (χ2n) is 1.10. The number of aromatic hydroxyl groups is 1. The minimum atomic E-state index is 0.148. The molecule has 0 aliphatic rings. The average Bonchev–Trinajstić information content (AvgIpc) is 1.69. The van der Waals surface area contributed by atoms with Crippen molar-refractivity contribution in [3.05, 3.63) is 18.5 Å². The molecular formula is C4H4N2O. The van der Waals surface area contributed by atoms with Gasteiger partial charge in [-0.2, -0.15) is 10.2 Å². The lowest BCUT2D eigenvalue weighted by atomic mass is 10.5. The van der Waals surface area contributed by atoms with Crippen LogP contribution in [-0.4, -0.2) is 15.3 Å². The second-order valence-corrected chi connectivity index (χ2v) is 1.10. The monoisotopic (exact) mass is 96.0 g/mol. The highest BCUT2D eigenvalue weighted by Gasteiger charge is 1.77. The highest BCUT2D eigenvalue weighted by Crippen LogP contribution is 1.98. The zero-order valence-electron chi connectivity index (χ0n) is 3.57. The lowest BCUT2D eigenvalue weighted by Crippen LogP contribution is -1.72. The molecule has 0 atom stereocenters. The van der Waals surface area contributed by atoms with Gasteiger partial charge in [-0.05, 0) is 0 Å². The summed E-state index contributed by atoms with van der Waals surface area (Å²) in [5.41, 5.74) is 0. The minimum absolute atomic E-state index is 0.148. The van der Waals surface area contributed by atoms with Crippen molar-refractivity contribution in [2.75, 3.05) is 0 Å². The molecule has 0 saturated heterocycles. The van der Waals surface area contributed by atoms with Gasteiger partial charge in [0.2, 0.25) is 0 Å². The molecule has 7 heavy (non-hydrogen) atoms. The highest BCUT2D eigenvalue weighted by molar-refractivity contribution is 5.09. The summed E-state index contributed by atoms with van der Waals surface area (Å²) in [6.45, 7) is 0. The minimum Gasteiger partial charge on any atom is -0.506 e. The van der Waals surface area contributed by atoms with Crippen LogP contribution in [0, 0.1) is 0 Å². The van der Waals surface area contributed by atoms with Gasteiger partial charge < -0.3 is 5.11 Å². The summed E-state index contributed by atoms with van der Waals surface area (Å²) in [5, 5.41) is 15.3. The smallest absolute Gasteiger partial charge is 0.137 e. The SMILES string of the molecule is Oc1ccnnc1. The largest absolute Gasteiger partial charge is 0.506 e. The maximum atomic E-state index is 8.53. The van der Waals surface area contributed by atoms with Crippen LogP contribution in [0.4, 0.5) is 0 Å². The maximum absolute atomic E-state index is 8.53. The molecule has 1 N–H and O–H groups in total. The fourth-order valence-electron chi connectivity index (χ4n) is 0.284. The van der Waals surface area contributed by atoms with Gasteiger partial charge in [0.25, 0.3) is 0 Å². The molecule has 0 radical (unpaired) electrons. The number of hydrogen-bond donors (Lipinski definition) is 1. The van der Waals surface area contributed by atoms with Crippen molar-refractivity contribution in [3.8, 4) is 5.75 Å². The van der Waals surface area contributed by atoms with Crippen LogP contribution in [0.1, 0.15) is 0 Å². The van der Waals surface area contributed by atoms with Gasteiger partial charge in [0.15, 0.2) is 0 Å². The summed E-state index contributed by atoms with van der Waals surface area (Å²) >= 11 is 0. The second kappa shape index (κ2) is 1.55. The summed E-state index contributed by atoms with van der Waals surface area (Å²) < 4.78 is 0. The van der Waals surface area contributed by atoms with E-state index >= 15 is 0 Å². The molecule has 0 aliphatic heterocycles. The maximum Gasteiger partial charge on any atom is 0.137 e. The number of rotatable bonds is 0. The molecule has 0 amide bonds. The van der Waals surface area contributed by atoms with Gasteiger partial charge in [-0.3, -0.25) is 0 Å². The summed E-state index contributed by atoms with van der Waals surface area (Å²) in [6.07, 6.45) is 2.70. The molecule has 1 aromatic rings. The van der Waals surface area contributed by atoms with Crippen LogP contribution < -0.4 is 0 Å². The van der Waals surface area contributed by atoms with Crippen molar-refractivity contribution >= 4 is 0 Å². The fraction of sp³-hybridized carbons (Fsp3) is 0. The van der Waals surface area contributed by atoms with Gasteiger partial charge in [-0.15, -0.1) is 0 Å². The van der Waals surface area contributed by atoms with Gasteiger partial charge in [-0.25, -0.2) is 0 Å². The van der Waals surface area contributed by atoms with Crippen LogP contribution in [0.2, 0.25) is 0 Å². The van der Waals surface area contributed by atoms with Crippen molar-refractivity contribution in [1.82, 2.24) is 10.2 Å². The van der Waals surface area contributed by atoms with Crippen LogP contribution in [0.25, 0.3) is 0 Å². The van der Waals surface area contributed by atoms with E-state index in [1.54, 1.807) is 0 Å². The molecule has 36 valence electrons. The molecule has 0 saturated carbocycles. The molecule has 0 bridgehead atoms. The van der Waals surface area contributed by atoms with E-state index in [2.05, 4.69) is 10.2 Å². The molecule has 0 unspecified atom stereocenters. The van der Waals surface area contributed by atoms with E-state index < -0.39 is 0 Å². The quantitative estimate of drug-likeness (QED) is 0.501. The Morgan fingerprint density at radius 1 is 1.43 bits per heavy atom. The Morgan fingerprint density at radius 3 is 2.57 bits per heavy atom. The fourth-order valence-corrected chi connectivity index (χ4v) is 0.284. The van der Waals surface area contributed by atoms with Gasteiger partial charge in [-0.1, -0.05) is 0 Å². The van der Waals surface area contributed by atoms with Crippen molar-refractivity contribution in [2.45, 2.75) is 0 Å². The molecule has 0 aliphatic carbocycles. The van der Waals surface area contributed by atoms with E-state index in [0.29, 0.717) is 0 Å². The van der Waals surface area contributed by atoms with E-state index in [0.717, 1.165) is 0 Å². The van der Waals surface area contributed by atoms with Gasteiger partial charge >= 0.3 is 0 Å². The molecule has 1 rings (SSSR count). The van der Waals surface area contributed by atoms with Gasteiger partial charge in [0, 0.05) is 6.07 Å². The van der Waals surface area contributed by atoms with Crippen molar-refractivity contribution in [3.63, 3.8) is 0 Å². The standard InChI is InChI=1S/C4H4N2O/c7-4-1-2-5-6-3-4/h1-3H,(H,5,7). The molecule has 0 fully saturated rings. The van der Waals surface area contributed by atoms with Crippen LogP contribution >= 0.6 is 0 Å². The van der Waals surface area contributed by atoms with Crippen molar-refractivity contribution in [2.24, 2.45) is 0 Å². The van der Waals surface area contributed by atoms with E-state index in [1.807, 2.05) is 0 Å². The van der Waals surface area contributed by atoms with Crippen LogP contribution in [0.5, 0.6) is 5.75 Å². The first-order chi connectivity index (χ1) is 3.39. The third kappa shape index (κ3) is 0.855. The highest BCUT2D eigenvalue weighted by atomic mass is 16.3. The molecule has 1 heterocycles. The van der Waals surface area contributed by atoms with Crippen LogP contribution in [0.3, 0.4) is 0 Å². The van der Waals surface area contributed by atoms with Crippen molar-refractivity contribution < 1.29 is 5.11 Å². The third-order valence-corrected chi connectivity index (χ3v) is 0.569. The first-order valence-electron chi connectivity index (χ1n) is 1.85. The molecule has 0 aromatic carbocycles. The number of hydrogen-bond acceptors (Lipinski definition) is 3. The van der Waals surface area contributed by atoms with E-state index in [9.17, 15) is 0 Å². The molecule has 3 heteroatoms. The average molecular weight is 96.1 g/mol. The summed E-state index contributed by atoms with van der Waals surface area (Å²) in [7, 11) is 0. The molecular weight excluding hydrogens is 92.1 g/mol. The first-order valence-corrected chi connectivity index (χ1v) is 1.85. The topological polar surface area (TPSA) is 46.0 Å². The Labute approximate surface area is 40.6 Å². The zero-order chi connectivity index (χ0) is 5.11. The molecule has 3 nitrogen and oxygen atoms in total. The zero-order valence-corrected chi connectivity index (χ0v) is 3.57. The predicted octanol–water partition coefficient (Wildman–Crippen LogP) is 0.182. The summed E-state index contributed by atoms with van der Waals surface area (Å²) in [4.78, 5) is 0. The van der Waals surface area contributed by atoms with Crippen LogP contribution in [0.15, 0.2) is 18.5 Å². The van der Waals surface area contributed by atoms with E-state index in [1.165, 1.54) is 18.5 Å². The Hall–Kier alpha value is -1.12. The number of aromatic nitrogens is 2. The van der Waals surface area contributed by atoms with E-state index in [4.69, 9.17) is 5.11 Å². The molecule has 1 aromatic heterocycles. The predicted molar refractivity (Wildman–Crippen MR) is 23.7 cm³/mol. The van der Waals surface area contributed by atoms with Crippen LogP contribution in [-0.2, 0) is 0 Å². The van der Waals surface area contributed by atoms with Crippen molar-refractivity contribution in [1.29, 1.82) is 0 Å². The summed E-state index contributed by atoms with van der Waals surface area (Å²) in [5.74, 6) is 0.148. The number of nitrogens with zero attached hydrogens (tertiary/aromatic N) is 2.